The van der Waals surface area contributed by atoms with Crippen molar-refractivity contribution in [3.05, 3.63) is 28.8 Å². The van der Waals surface area contributed by atoms with Gasteiger partial charge in [0.2, 0.25) is 0 Å². The molecule has 1 aliphatic rings. The topological polar surface area (TPSA) is 55.6 Å². The highest BCUT2D eigenvalue weighted by Crippen LogP contribution is 2.23. The van der Waals surface area contributed by atoms with Gasteiger partial charge in [-0.05, 0) is 49.6 Å². The lowest BCUT2D eigenvalue weighted by Crippen LogP contribution is -2.32. The van der Waals surface area contributed by atoms with Crippen LogP contribution in [0.1, 0.15) is 18.4 Å². The Morgan fingerprint density at radius 3 is 2.79 bits per heavy atom. The smallest absolute Gasteiger partial charge is 0.260 e. The molecular weight excluding hydrogens is 264 g/mol. The summed E-state index contributed by atoms with van der Waals surface area (Å²) in [6, 6.07) is 5.39. The maximum Gasteiger partial charge on any atom is 0.260 e. The molecular formula is C14H19ClN2O2. The summed E-state index contributed by atoms with van der Waals surface area (Å²) >= 11 is 5.95. The van der Waals surface area contributed by atoms with Crippen molar-refractivity contribution in [1.82, 2.24) is 4.90 Å². The van der Waals surface area contributed by atoms with E-state index in [1.54, 1.807) is 12.1 Å². The van der Waals surface area contributed by atoms with Crippen molar-refractivity contribution in [1.29, 1.82) is 0 Å². The van der Waals surface area contributed by atoms with Gasteiger partial charge in [-0.2, -0.15) is 0 Å². The van der Waals surface area contributed by atoms with Gasteiger partial charge in [0.25, 0.3) is 5.91 Å². The molecule has 0 aromatic heterocycles. The number of halogens is 1. The first-order chi connectivity index (χ1) is 9.20. The lowest BCUT2D eigenvalue weighted by Gasteiger charge is -2.16. The average Bonchev–Trinajstić information content (AvgIpc) is 2.92. The van der Waals surface area contributed by atoms with Crippen LogP contribution in [0.15, 0.2) is 18.2 Å². The molecule has 5 heteroatoms. The molecule has 4 nitrogen and oxygen atoms in total. The number of benzene rings is 1. The van der Waals surface area contributed by atoms with Crippen molar-refractivity contribution in [2.45, 2.75) is 19.3 Å². The molecule has 0 radical (unpaired) electrons. The van der Waals surface area contributed by atoms with Gasteiger partial charge >= 0.3 is 0 Å². The number of nitrogens with two attached hydrogens (primary N) is 1. The molecule has 1 saturated heterocycles. The van der Waals surface area contributed by atoms with Crippen LogP contribution < -0.4 is 10.5 Å². The van der Waals surface area contributed by atoms with Crippen molar-refractivity contribution in [3.63, 3.8) is 0 Å². The van der Waals surface area contributed by atoms with E-state index in [9.17, 15) is 4.79 Å². The minimum Gasteiger partial charge on any atom is -0.483 e. The Morgan fingerprint density at radius 1 is 1.37 bits per heavy atom. The summed E-state index contributed by atoms with van der Waals surface area (Å²) in [5.74, 6) is 0.744. The van der Waals surface area contributed by atoms with Crippen LogP contribution in [-0.2, 0) is 11.2 Å². The second kappa shape index (κ2) is 6.78. The maximum absolute atomic E-state index is 11.9. The van der Waals surface area contributed by atoms with Gasteiger partial charge in [0, 0.05) is 18.1 Å². The Balaban J connectivity index is 1.96. The Bertz CT molecular complexity index is 445. The highest BCUT2D eigenvalue weighted by Gasteiger charge is 2.18. The third kappa shape index (κ3) is 3.85. The zero-order chi connectivity index (χ0) is 13.7. The van der Waals surface area contributed by atoms with E-state index in [2.05, 4.69) is 0 Å². The largest absolute Gasteiger partial charge is 0.483 e. The van der Waals surface area contributed by atoms with E-state index in [0.717, 1.165) is 31.5 Å². The van der Waals surface area contributed by atoms with E-state index < -0.39 is 0 Å². The summed E-state index contributed by atoms with van der Waals surface area (Å²) < 4.78 is 5.61. The van der Waals surface area contributed by atoms with Gasteiger partial charge in [-0.1, -0.05) is 11.6 Å². The second-order valence-electron chi connectivity index (χ2n) is 4.67. The van der Waals surface area contributed by atoms with E-state index in [4.69, 9.17) is 22.1 Å². The minimum absolute atomic E-state index is 0.0474. The standard InChI is InChI=1S/C14H19ClN2O2/c15-12-3-4-13(11(9-12)5-6-16)19-10-14(18)17-7-1-2-8-17/h3-4,9H,1-2,5-8,10,16H2. The van der Waals surface area contributed by atoms with Crippen molar-refractivity contribution in [2.24, 2.45) is 5.73 Å². The van der Waals surface area contributed by atoms with Gasteiger partial charge in [0.1, 0.15) is 5.75 Å². The number of rotatable bonds is 5. The van der Waals surface area contributed by atoms with E-state index in [1.807, 2.05) is 11.0 Å². The van der Waals surface area contributed by atoms with Crippen LogP contribution >= 0.6 is 11.6 Å². The highest BCUT2D eigenvalue weighted by atomic mass is 35.5. The molecule has 0 aliphatic carbocycles. The fraction of sp³-hybridized carbons (Fsp3) is 0.500. The zero-order valence-electron chi connectivity index (χ0n) is 10.9. The van der Waals surface area contributed by atoms with Crippen molar-refractivity contribution >= 4 is 17.5 Å². The van der Waals surface area contributed by atoms with E-state index >= 15 is 0 Å². The number of amides is 1. The summed E-state index contributed by atoms with van der Waals surface area (Å²) in [5, 5.41) is 0.654. The van der Waals surface area contributed by atoms with Crippen LogP contribution in [0, 0.1) is 0 Å². The molecule has 1 heterocycles. The number of carbonyl (C=O) groups is 1. The number of hydrogen-bond acceptors (Lipinski definition) is 3. The van der Waals surface area contributed by atoms with Crippen LogP contribution in [-0.4, -0.2) is 37.0 Å². The molecule has 0 atom stereocenters. The molecule has 19 heavy (non-hydrogen) atoms. The number of nitrogens with zero attached hydrogens (tertiary/aromatic N) is 1. The van der Waals surface area contributed by atoms with Gasteiger partial charge in [-0.3, -0.25) is 4.79 Å². The van der Waals surface area contributed by atoms with Gasteiger partial charge in [-0.15, -0.1) is 0 Å². The van der Waals surface area contributed by atoms with E-state index in [0.29, 0.717) is 23.7 Å². The van der Waals surface area contributed by atoms with Gasteiger partial charge in [0.15, 0.2) is 6.61 Å². The predicted octanol–water partition coefficient (Wildman–Crippen LogP) is 1.84. The van der Waals surface area contributed by atoms with Gasteiger partial charge in [-0.25, -0.2) is 0 Å². The molecule has 1 aromatic rings. The SMILES string of the molecule is NCCc1cc(Cl)ccc1OCC(=O)N1CCCC1. The number of carbonyl (C=O) groups excluding carboxylic acids is 1. The number of hydrogen-bond donors (Lipinski definition) is 1. The summed E-state index contributed by atoms with van der Waals surface area (Å²) in [4.78, 5) is 13.8. The molecule has 0 unspecified atom stereocenters. The third-order valence-corrected chi connectivity index (χ3v) is 3.48. The molecule has 104 valence electrons. The molecule has 1 aromatic carbocycles. The Morgan fingerprint density at radius 2 is 2.11 bits per heavy atom. The van der Waals surface area contributed by atoms with Crippen LogP contribution in [0.2, 0.25) is 5.02 Å². The van der Waals surface area contributed by atoms with Crippen molar-refractivity contribution in [2.75, 3.05) is 26.2 Å². The molecule has 1 amide bonds. The monoisotopic (exact) mass is 282 g/mol. The van der Waals surface area contributed by atoms with Gasteiger partial charge in [0.05, 0.1) is 0 Å². The van der Waals surface area contributed by atoms with Crippen LogP contribution in [0.25, 0.3) is 0 Å². The fourth-order valence-corrected chi connectivity index (χ4v) is 2.43. The Hall–Kier alpha value is -1.26. The first kappa shape index (κ1) is 14.2. The maximum atomic E-state index is 11.9. The molecule has 1 fully saturated rings. The quantitative estimate of drug-likeness (QED) is 0.897. The second-order valence-corrected chi connectivity index (χ2v) is 5.10. The van der Waals surface area contributed by atoms with E-state index in [1.165, 1.54) is 0 Å². The van der Waals surface area contributed by atoms with Crippen LogP contribution in [0.5, 0.6) is 5.75 Å². The minimum atomic E-state index is 0.0474. The molecule has 2 N–H and O–H groups in total. The lowest BCUT2D eigenvalue weighted by atomic mass is 10.1. The first-order valence-corrected chi connectivity index (χ1v) is 6.97. The summed E-state index contributed by atoms with van der Waals surface area (Å²) in [5.41, 5.74) is 6.51. The van der Waals surface area contributed by atoms with Crippen LogP contribution in [0.4, 0.5) is 0 Å². The van der Waals surface area contributed by atoms with Gasteiger partial charge < -0.3 is 15.4 Å². The fourth-order valence-electron chi connectivity index (χ4n) is 2.24. The third-order valence-electron chi connectivity index (χ3n) is 3.25. The Labute approximate surface area is 118 Å². The van der Waals surface area contributed by atoms with Crippen molar-refractivity contribution < 1.29 is 9.53 Å². The zero-order valence-corrected chi connectivity index (χ0v) is 11.7. The molecule has 2 rings (SSSR count). The summed E-state index contributed by atoms with van der Waals surface area (Å²) in [6.07, 6.45) is 2.87. The summed E-state index contributed by atoms with van der Waals surface area (Å²) in [6.45, 7) is 2.30. The number of ether oxygens (including phenoxy) is 1. The Kier molecular flexibility index (Phi) is 5.05. The average molecular weight is 283 g/mol. The molecule has 0 bridgehead atoms. The normalized spacial score (nSPS) is 14.7. The molecule has 1 aliphatic heterocycles. The predicted molar refractivity (Wildman–Crippen MR) is 75.5 cm³/mol. The highest BCUT2D eigenvalue weighted by molar-refractivity contribution is 6.30. The first-order valence-electron chi connectivity index (χ1n) is 6.60. The number of likely N-dealkylation sites (tertiary alicyclic amines) is 1. The van der Waals surface area contributed by atoms with Crippen molar-refractivity contribution in [3.8, 4) is 5.75 Å². The lowest BCUT2D eigenvalue weighted by molar-refractivity contribution is -0.132. The van der Waals surface area contributed by atoms with E-state index in [-0.39, 0.29) is 12.5 Å². The van der Waals surface area contributed by atoms with Crippen LogP contribution in [0.3, 0.4) is 0 Å². The molecule has 0 saturated carbocycles. The molecule has 0 spiro atoms. The summed E-state index contributed by atoms with van der Waals surface area (Å²) in [7, 11) is 0.